The molecule has 0 aromatic heterocycles. The summed E-state index contributed by atoms with van der Waals surface area (Å²) >= 11 is 0. The van der Waals surface area contributed by atoms with Gasteiger partial charge in [-0.2, -0.15) is 0 Å². The number of rotatable bonds is 10. The molecule has 1 nitrogen and oxygen atoms in total. The summed E-state index contributed by atoms with van der Waals surface area (Å²) in [5, 5.41) is 8.63. The van der Waals surface area contributed by atoms with Crippen LogP contribution in [0.15, 0.2) is 24.3 Å². The van der Waals surface area contributed by atoms with Crippen LogP contribution in [-0.2, 0) is 0 Å². The lowest BCUT2D eigenvalue weighted by Crippen LogP contribution is -1.78. The Hall–Kier alpha value is -2.32. The zero-order chi connectivity index (χ0) is 16.8. The molecule has 0 rings (SSSR count). The first-order valence-electron chi connectivity index (χ1n) is 8.24. The number of hydrogen-bond donors (Lipinski definition) is 1. The van der Waals surface area contributed by atoms with Crippen molar-refractivity contribution < 1.29 is 5.11 Å². The van der Waals surface area contributed by atoms with Crippen molar-refractivity contribution >= 4 is 0 Å². The van der Waals surface area contributed by atoms with Gasteiger partial charge in [-0.25, -0.2) is 0 Å². The number of hydrogen-bond acceptors (Lipinski definition) is 1. The Morgan fingerprint density at radius 3 is 1.96 bits per heavy atom. The van der Waals surface area contributed by atoms with E-state index in [0.717, 1.165) is 57.8 Å². The van der Waals surface area contributed by atoms with E-state index in [9.17, 15) is 0 Å². The molecule has 0 saturated carbocycles. The molecule has 0 aliphatic heterocycles. The number of aliphatic hydroxyl groups excluding tert-OH is 1. The van der Waals surface area contributed by atoms with Crippen LogP contribution in [0.3, 0.4) is 0 Å². The van der Waals surface area contributed by atoms with Gasteiger partial charge in [0, 0.05) is 19.4 Å². The van der Waals surface area contributed by atoms with Crippen LogP contribution in [0.4, 0.5) is 0 Å². The second-order valence-corrected chi connectivity index (χ2v) is 4.90. The van der Waals surface area contributed by atoms with E-state index < -0.39 is 0 Å². The zero-order valence-corrected chi connectivity index (χ0v) is 13.9. The topological polar surface area (TPSA) is 20.2 Å². The van der Waals surface area contributed by atoms with Gasteiger partial charge in [0.2, 0.25) is 0 Å². The smallest absolute Gasteiger partial charge is 0.0433 e. The van der Waals surface area contributed by atoms with Gasteiger partial charge >= 0.3 is 0 Å². The summed E-state index contributed by atoms with van der Waals surface area (Å²) in [4.78, 5) is 0. The zero-order valence-electron chi connectivity index (χ0n) is 13.9. The fourth-order valence-corrected chi connectivity index (χ4v) is 1.66. The van der Waals surface area contributed by atoms with Crippen LogP contribution in [0, 0.1) is 47.9 Å². The Balaban J connectivity index is 3.55. The normalized spacial score (nSPS) is 9.39. The Bertz CT molecular complexity index is 553. The highest BCUT2D eigenvalue weighted by molar-refractivity contribution is 5.35. The molecule has 0 aliphatic carbocycles. The maximum Gasteiger partial charge on any atom is 0.0433 e. The summed E-state index contributed by atoms with van der Waals surface area (Å²) in [5.41, 5.74) is 0. The lowest BCUT2D eigenvalue weighted by atomic mass is 10.2. The van der Waals surface area contributed by atoms with Gasteiger partial charge in [0.1, 0.15) is 0 Å². The van der Waals surface area contributed by atoms with E-state index in [1.54, 1.807) is 6.08 Å². The second kappa shape index (κ2) is 19.7. The molecule has 1 heteroatoms. The molecule has 0 radical (unpaired) electrons. The van der Waals surface area contributed by atoms with Crippen molar-refractivity contribution in [3.8, 4) is 47.9 Å². The quantitative estimate of drug-likeness (QED) is 0.363. The van der Waals surface area contributed by atoms with Crippen LogP contribution >= 0.6 is 0 Å². The number of allylic oxidation sites excluding steroid dienone is 4. The van der Waals surface area contributed by atoms with Crippen LogP contribution in [0.5, 0.6) is 0 Å². The number of aliphatic hydroxyl groups is 1. The molecule has 0 fully saturated rings. The van der Waals surface area contributed by atoms with Gasteiger partial charge in [0.25, 0.3) is 0 Å². The maximum atomic E-state index is 8.63. The summed E-state index contributed by atoms with van der Waals surface area (Å²) < 4.78 is 0. The van der Waals surface area contributed by atoms with Gasteiger partial charge in [-0.05, 0) is 74.7 Å². The third-order valence-corrected chi connectivity index (χ3v) is 2.87. The summed E-state index contributed by atoms with van der Waals surface area (Å²) in [6, 6.07) is 0. The molecule has 0 aliphatic rings. The van der Waals surface area contributed by atoms with Crippen LogP contribution in [0.25, 0.3) is 0 Å². The summed E-state index contributed by atoms with van der Waals surface area (Å²) in [6.07, 6.45) is 21.9. The number of terminal acetylenes is 1. The van der Waals surface area contributed by atoms with E-state index in [2.05, 4.69) is 53.6 Å². The molecule has 23 heavy (non-hydrogen) atoms. The molecule has 0 saturated heterocycles. The predicted octanol–water partition coefficient (Wildman–Crippen LogP) is 4.25. The molecule has 0 heterocycles. The van der Waals surface area contributed by atoms with Gasteiger partial charge in [0.05, 0.1) is 0 Å². The summed E-state index contributed by atoms with van der Waals surface area (Å²) in [7, 11) is 0. The molecule has 120 valence electrons. The van der Waals surface area contributed by atoms with Gasteiger partial charge in [-0.1, -0.05) is 36.0 Å². The molecule has 0 aromatic carbocycles. The molecular weight excluding hydrogens is 280 g/mol. The van der Waals surface area contributed by atoms with Crippen molar-refractivity contribution in [1.29, 1.82) is 0 Å². The first kappa shape index (κ1) is 20.7. The highest BCUT2D eigenvalue weighted by Gasteiger charge is 1.82. The third kappa shape index (κ3) is 19.7. The first-order valence-corrected chi connectivity index (χ1v) is 8.24. The molecular formula is C22H26O. The summed E-state index contributed by atoms with van der Waals surface area (Å²) in [5.74, 6) is 19.7. The molecule has 0 atom stereocenters. The van der Waals surface area contributed by atoms with Crippen molar-refractivity contribution in [2.24, 2.45) is 0 Å². The van der Waals surface area contributed by atoms with E-state index in [4.69, 9.17) is 11.5 Å². The average molecular weight is 306 g/mol. The first-order chi connectivity index (χ1) is 11.4. The Morgan fingerprint density at radius 2 is 1.30 bits per heavy atom. The monoisotopic (exact) mass is 306 g/mol. The molecule has 0 spiro atoms. The predicted molar refractivity (Wildman–Crippen MR) is 99.1 cm³/mol. The van der Waals surface area contributed by atoms with Crippen molar-refractivity contribution in [3.63, 3.8) is 0 Å². The van der Waals surface area contributed by atoms with Gasteiger partial charge in [0.15, 0.2) is 0 Å². The molecule has 0 bridgehead atoms. The van der Waals surface area contributed by atoms with E-state index in [1.807, 2.05) is 6.08 Å². The van der Waals surface area contributed by atoms with Crippen molar-refractivity contribution in [1.82, 2.24) is 0 Å². The highest BCUT2D eigenvalue weighted by atomic mass is 16.2. The molecule has 0 amide bonds. The van der Waals surface area contributed by atoms with E-state index in [-0.39, 0.29) is 6.61 Å². The molecule has 1 N–H and O–H groups in total. The van der Waals surface area contributed by atoms with Crippen molar-refractivity contribution in [2.45, 2.75) is 57.8 Å². The fraction of sp³-hybridized carbons (Fsp3) is 0.455. The standard InChI is InChI=1S/C22H26O/c1-2-3-4-5-6-7-8-9-10-11-12-13-14-15-16-17-18-19-20-21-22-23/h1,3-4,18-19,23H,5-8,15-17,20-22H2/b4-3-,19-18-. The lowest BCUT2D eigenvalue weighted by molar-refractivity contribution is 0.289. The maximum absolute atomic E-state index is 8.63. The highest BCUT2D eigenvalue weighted by Crippen LogP contribution is 1.99. The average Bonchev–Trinajstić information content (AvgIpc) is 2.57. The minimum absolute atomic E-state index is 0.265. The van der Waals surface area contributed by atoms with Gasteiger partial charge in [-0.3, -0.25) is 0 Å². The van der Waals surface area contributed by atoms with Crippen molar-refractivity contribution in [2.75, 3.05) is 6.61 Å². The van der Waals surface area contributed by atoms with Gasteiger partial charge < -0.3 is 5.11 Å². The lowest BCUT2D eigenvalue weighted by Gasteiger charge is -1.89. The van der Waals surface area contributed by atoms with Crippen LogP contribution in [0.1, 0.15) is 57.8 Å². The van der Waals surface area contributed by atoms with Crippen molar-refractivity contribution in [3.05, 3.63) is 24.3 Å². The van der Waals surface area contributed by atoms with Crippen LogP contribution in [0.2, 0.25) is 0 Å². The Kier molecular flexibility index (Phi) is 17.7. The fourth-order valence-electron chi connectivity index (χ4n) is 1.66. The van der Waals surface area contributed by atoms with Gasteiger partial charge in [-0.15, -0.1) is 6.42 Å². The minimum Gasteiger partial charge on any atom is -0.396 e. The SMILES string of the molecule is C#C/C=C\CCCCC#CC#CC#CCCC/C=C\CCCO. The van der Waals surface area contributed by atoms with E-state index in [0.29, 0.717) is 0 Å². The van der Waals surface area contributed by atoms with Crippen LogP contribution in [-0.4, -0.2) is 11.7 Å². The Labute approximate surface area is 142 Å². The van der Waals surface area contributed by atoms with E-state index >= 15 is 0 Å². The Morgan fingerprint density at radius 1 is 0.696 bits per heavy atom. The largest absolute Gasteiger partial charge is 0.396 e. The van der Waals surface area contributed by atoms with E-state index in [1.165, 1.54) is 0 Å². The molecule has 0 aromatic rings. The third-order valence-electron chi connectivity index (χ3n) is 2.87. The van der Waals surface area contributed by atoms with Crippen LogP contribution < -0.4 is 0 Å². The minimum atomic E-state index is 0.265. The molecule has 0 unspecified atom stereocenters. The number of unbranched alkanes of at least 4 members (excludes halogenated alkanes) is 6. The second-order valence-electron chi connectivity index (χ2n) is 4.90. The summed E-state index contributed by atoms with van der Waals surface area (Å²) in [6.45, 7) is 0.265.